The second kappa shape index (κ2) is 6.70. The molecule has 0 fully saturated rings. The van der Waals surface area contributed by atoms with Crippen LogP contribution in [0.5, 0.6) is 11.5 Å². The molecule has 0 bridgehead atoms. The second-order valence-electron chi connectivity index (χ2n) is 4.79. The van der Waals surface area contributed by atoms with Gasteiger partial charge in [0.05, 0.1) is 24.7 Å². The van der Waals surface area contributed by atoms with Crippen molar-refractivity contribution in [3.05, 3.63) is 48.0 Å². The minimum absolute atomic E-state index is 0.0158. The molecule has 0 saturated heterocycles. The molecule has 0 aliphatic carbocycles. The van der Waals surface area contributed by atoms with Crippen LogP contribution < -0.4 is 14.8 Å². The van der Waals surface area contributed by atoms with Crippen molar-refractivity contribution in [3.63, 3.8) is 0 Å². The summed E-state index contributed by atoms with van der Waals surface area (Å²) >= 11 is 0. The number of rotatable bonds is 5. The van der Waals surface area contributed by atoms with Crippen LogP contribution >= 0.6 is 0 Å². The van der Waals surface area contributed by atoms with Gasteiger partial charge in [-0.25, -0.2) is 8.42 Å². The highest BCUT2D eigenvalue weighted by Gasteiger charge is 2.18. The molecular weight excluding hydrogens is 318 g/mol. The lowest BCUT2D eigenvalue weighted by Crippen LogP contribution is -2.16. The van der Waals surface area contributed by atoms with E-state index in [-0.39, 0.29) is 10.5 Å². The fourth-order valence-electron chi connectivity index (χ4n) is 2.09. The SMILES string of the molecule is COc1ccc(NC(=O)c2ccccc2S(C)(=O)=O)cc1OC. The number of amides is 1. The number of sulfone groups is 1. The van der Waals surface area contributed by atoms with E-state index in [2.05, 4.69) is 5.32 Å². The Morgan fingerprint density at radius 2 is 1.65 bits per heavy atom. The lowest BCUT2D eigenvalue weighted by Gasteiger charge is -2.12. The lowest BCUT2D eigenvalue weighted by molar-refractivity contribution is 0.102. The molecule has 122 valence electrons. The number of anilines is 1. The Morgan fingerprint density at radius 1 is 1.00 bits per heavy atom. The minimum atomic E-state index is -3.50. The first kappa shape index (κ1) is 16.8. The number of hydrogen-bond acceptors (Lipinski definition) is 5. The van der Waals surface area contributed by atoms with Crippen LogP contribution in [-0.4, -0.2) is 34.8 Å². The molecule has 1 amide bonds. The molecule has 23 heavy (non-hydrogen) atoms. The maximum atomic E-state index is 12.4. The van der Waals surface area contributed by atoms with Crippen LogP contribution in [0, 0.1) is 0 Å². The largest absolute Gasteiger partial charge is 0.493 e. The van der Waals surface area contributed by atoms with Gasteiger partial charge in [0.1, 0.15) is 0 Å². The smallest absolute Gasteiger partial charge is 0.256 e. The molecule has 0 unspecified atom stereocenters. The van der Waals surface area contributed by atoms with Crippen LogP contribution in [-0.2, 0) is 9.84 Å². The van der Waals surface area contributed by atoms with Crippen molar-refractivity contribution >= 4 is 21.4 Å². The summed E-state index contributed by atoms with van der Waals surface area (Å²) in [6.45, 7) is 0. The Balaban J connectivity index is 2.34. The number of carbonyl (C=O) groups excluding carboxylic acids is 1. The van der Waals surface area contributed by atoms with E-state index in [1.165, 1.54) is 26.4 Å². The highest BCUT2D eigenvalue weighted by Crippen LogP contribution is 2.30. The van der Waals surface area contributed by atoms with Crippen molar-refractivity contribution in [1.82, 2.24) is 0 Å². The Morgan fingerprint density at radius 3 is 2.26 bits per heavy atom. The van der Waals surface area contributed by atoms with Gasteiger partial charge in [-0.1, -0.05) is 12.1 Å². The molecule has 0 radical (unpaired) electrons. The van der Waals surface area contributed by atoms with Gasteiger partial charge in [-0.2, -0.15) is 0 Å². The standard InChI is InChI=1S/C16H17NO5S/c1-21-13-9-8-11(10-14(13)22-2)17-16(18)12-6-4-5-7-15(12)23(3,19)20/h4-10H,1-3H3,(H,17,18). The molecule has 6 nitrogen and oxygen atoms in total. The Kier molecular flexibility index (Phi) is 4.90. The van der Waals surface area contributed by atoms with Crippen molar-refractivity contribution in [3.8, 4) is 11.5 Å². The van der Waals surface area contributed by atoms with Gasteiger partial charge in [-0.3, -0.25) is 4.79 Å². The van der Waals surface area contributed by atoms with E-state index >= 15 is 0 Å². The van der Waals surface area contributed by atoms with Crippen LogP contribution in [0.1, 0.15) is 10.4 Å². The van der Waals surface area contributed by atoms with Crippen LogP contribution in [0.15, 0.2) is 47.4 Å². The van der Waals surface area contributed by atoms with Crippen molar-refractivity contribution in [2.75, 3.05) is 25.8 Å². The zero-order chi connectivity index (χ0) is 17.0. The van der Waals surface area contributed by atoms with Gasteiger partial charge in [0.25, 0.3) is 5.91 Å². The summed E-state index contributed by atoms with van der Waals surface area (Å²) in [5, 5.41) is 2.66. The third-order valence-electron chi connectivity index (χ3n) is 3.17. The topological polar surface area (TPSA) is 81.7 Å². The molecule has 0 aliphatic rings. The molecular formula is C16H17NO5S. The Hall–Kier alpha value is -2.54. The molecule has 2 aromatic carbocycles. The Labute approximate surface area is 135 Å². The zero-order valence-corrected chi connectivity index (χ0v) is 13.8. The monoisotopic (exact) mass is 335 g/mol. The average Bonchev–Trinajstić information content (AvgIpc) is 2.53. The predicted molar refractivity (Wildman–Crippen MR) is 87.1 cm³/mol. The van der Waals surface area contributed by atoms with Gasteiger partial charge < -0.3 is 14.8 Å². The van der Waals surface area contributed by atoms with Crippen LogP contribution in [0.2, 0.25) is 0 Å². The van der Waals surface area contributed by atoms with Gasteiger partial charge in [0.15, 0.2) is 21.3 Å². The van der Waals surface area contributed by atoms with E-state index in [1.54, 1.807) is 30.3 Å². The van der Waals surface area contributed by atoms with Gasteiger partial charge in [0, 0.05) is 18.0 Å². The molecule has 0 aromatic heterocycles. The van der Waals surface area contributed by atoms with Gasteiger partial charge in [-0.15, -0.1) is 0 Å². The minimum Gasteiger partial charge on any atom is -0.493 e. The fraction of sp³-hybridized carbons (Fsp3) is 0.188. The van der Waals surface area contributed by atoms with Gasteiger partial charge in [0.2, 0.25) is 0 Å². The van der Waals surface area contributed by atoms with Gasteiger partial charge in [-0.05, 0) is 24.3 Å². The molecule has 0 atom stereocenters. The van der Waals surface area contributed by atoms with E-state index in [1.807, 2.05) is 0 Å². The van der Waals surface area contributed by atoms with Crippen molar-refractivity contribution < 1.29 is 22.7 Å². The summed E-state index contributed by atoms with van der Waals surface area (Å²) < 4.78 is 33.9. The molecule has 0 spiro atoms. The van der Waals surface area contributed by atoms with E-state index < -0.39 is 15.7 Å². The number of ether oxygens (including phenoxy) is 2. The fourth-order valence-corrected chi connectivity index (χ4v) is 2.98. The number of methoxy groups -OCH3 is 2. The maximum absolute atomic E-state index is 12.4. The molecule has 2 aromatic rings. The van der Waals surface area contributed by atoms with E-state index in [0.29, 0.717) is 17.2 Å². The zero-order valence-electron chi connectivity index (χ0n) is 13.0. The van der Waals surface area contributed by atoms with Crippen LogP contribution in [0.25, 0.3) is 0 Å². The maximum Gasteiger partial charge on any atom is 0.256 e. The summed E-state index contributed by atoms with van der Waals surface area (Å²) in [6.07, 6.45) is 1.07. The van der Waals surface area contributed by atoms with E-state index in [9.17, 15) is 13.2 Å². The molecule has 0 saturated carbocycles. The van der Waals surface area contributed by atoms with E-state index in [4.69, 9.17) is 9.47 Å². The summed E-state index contributed by atoms with van der Waals surface area (Å²) in [7, 11) is -0.499. The molecule has 7 heteroatoms. The van der Waals surface area contributed by atoms with Crippen molar-refractivity contribution in [2.45, 2.75) is 4.90 Å². The van der Waals surface area contributed by atoms with Gasteiger partial charge >= 0.3 is 0 Å². The van der Waals surface area contributed by atoms with Crippen LogP contribution in [0.4, 0.5) is 5.69 Å². The highest BCUT2D eigenvalue weighted by atomic mass is 32.2. The number of hydrogen-bond donors (Lipinski definition) is 1. The second-order valence-corrected chi connectivity index (χ2v) is 6.78. The summed E-state index contributed by atoms with van der Waals surface area (Å²) in [5.41, 5.74) is 0.556. The molecule has 2 rings (SSSR count). The summed E-state index contributed by atoms with van der Waals surface area (Å²) in [6, 6.07) is 10.9. The normalized spacial score (nSPS) is 10.9. The third-order valence-corrected chi connectivity index (χ3v) is 4.33. The molecule has 0 aliphatic heterocycles. The highest BCUT2D eigenvalue weighted by molar-refractivity contribution is 7.90. The Bertz CT molecular complexity index is 830. The quantitative estimate of drug-likeness (QED) is 0.907. The number of nitrogens with one attached hydrogen (secondary N) is 1. The summed E-state index contributed by atoms with van der Waals surface area (Å²) in [4.78, 5) is 12.4. The number of carbonyl (C=O) groups is 1. The molecule has 0 heterocycles. The van der Waals surface area contributed by atoms with Crippen LogP contribution in [0.3, 0.4) is 0 Å². The van der Waals surface area contributed by atoms with E-state index in [0.717, 1.165) is 6.26 Å². The summed E-state index contributed by atoms with van der Waals surface area (Å²) in [5.74, 6) is 0.474. The first-order chi connectivity index (χ1) is 10.9. The number of benzene rings is 2. The van der Waals surface area contributed by atoms with Crippen molar-refractivity contribution in [2.24, 2.45) is 0 Å². The van der Waals surface area contributed by atoms with Crippen molar-refractivity contribution in [1.29, 1.82) is 0 Å². The first-order valence-corrected chi connectivity index (χ1v) is 8.58. The first-order valence-electron chi connectivity index (χ1n) is 6.69. The lowest BCUT2D eigenvalue weighted by atomic mass is 10.2. The average molecular weight is 335 g/mol. The predicted octanol–water partition coefficient (Wildman–Crippen LogP) is 2.36. The third kappa shape index (κ3) is 3.81. The molecule has 1 N–H and O–H groups in total.